The first-order chi connectivity index (χ1) is 10.9. The van der Waals surface area contributed by atoms with E-state index in [0.717, 1.165) is 24.6 Å². The van der Waals surface area contributed by atoms with Crippen LogP contribution in [0, 0.1) is 0 Å². The zero-order chi connectivity index (χ0) is 15.2. The fourth-order valence-corrected chi connectivity index (χ4v) is 3.08. The lowest BCUT2D eigenvalue weighted by Gasteiger charge is -2.28. The molecule has 0 radical (unpaired) electrons. The van der Waals surface area contributed by atoms with E-state index in [-0.39, 0.29) is 0 Å². The molecular weight excluding hydrogens is 276 g/mol. The smallest absolute Gasteiger partial charge is 0.118 e. The van der Waals surface area contributed by atoms with Crippen LogP contribution in [0.3, 0.4) is 0 Å². The molecule has 4 nitrogen and oxygen atoms in total. The Labute approximate surface area is 132 Å². The summed E-state index contributed by atoms with van der Waals surface area (Å²) >= 11 is 0. The molecule has 0 aliphatic carbocycles. The van der Waals surface area contributed by atoms with Crippen molar-refractivity contribution in [3.63, 3.8) is 0 Å². The van der Waals surface area contributed by atoms with Crippen LogP contribution in [-0.2, 0) is 6.54 Å². The summed E-state index contributed by atoms with van der Waals surface area (Å²) in [7, 11) is 1.71. The molecule has 118 valence electrons. The minimum Gasteiger partial charge on any atom is -0.497 e. The lowest BCUT2D eigenvalue weighted by Crippen LogP contribution is -2.33. The number of methoxy groups -OCH3 is 1. The Bertz CT molecular complexity index is 545. The lowest BCUT2D eigenvalue weighted by atomic mass is 10.1. The number of likely N-dealkylation sites (tertiary alicyclic amines) is 1. The molecule has 0 amide bonds. The Balaban J connectivity index is 1.65. The molecule has 0 bridgehead atoms. The number of benzene rings is 1. The first-order valence-electron chi connectivity index (χ1n) is 7.98. The number of hydrogen-bond acceptors (Lipinski definition) is 4. The van der Waals surface area contributed by atoms with E-state index in [1.54, 1.807) is 13.4 Å². The average Bonchev–Trinajstić information content (AvgIpc) is 3.25. The van der Waals surface area contributed by atoms with Crippen molar-refractivity contribution >= 4 is 0 Å². The summed E-state index contributed by atoms with van der Waals surface area (Å²) in [6.07, 6.45) is 4.31. The Morgan fingerprint density at radius 2 is 1.95 bits per heavy atom. The summed E-state index contributed by atoms with van der Waals surface area (Å²) in [5.41, 5.74) is 1.34. The molecule has 1 aliphatic rings. The third-order valence-corrected chi connectivity index (χ3v) is 4.30. The third kappa shape index (κ3) is 3.70. The second kappa shape index (κ2) is 7.47. The molecule has 4 heteroatoms. The van der Waals surface area contributed by atoms with Gasteiger partial charge in [-0.1, -0.05) is 12.1 Å². The van der Waals surface area contributed by atoms with Gasteiger partial charge >= 0.3 is 0 Å². The van der Waals surface area contributed by atoms with Gasteiger partial charge in [0.1, 0.15) is 11.5 Å². The number of nitrogens with zero attached hydrogens (tertiary/aromatic N) is 1. The maximum absolute atomic E-state index is 5.38. The van der Waals surface area contributed by atoms with E-state index >= 15 is 0 Å². The standard InChI is InChI=1S/C18H24N2O2/c1-21-16-8-6-15(7-9-16)18(20-10-2-3-11-20)14-19-13-17-5-4-12-22-17/h4-9,12,18-19H,2-3,10-11,13-14H2,1H3. The van der Waals surface area contributed by atoms with Gasteiger partial charge in [-0.3, -0.25) is 4.90 Å². The molecule has 1 aromatic carbocycles. The molecule has 3 rings (SSSR count). The molecule has 2 heterocycles. The molecule has 1 N–H and O–H groups in total. The van der Waals surface area contributed by atoms with Crippen molar-refractivity contribution in [1.82, 2.24) is 10.2 Å². The van der Waals surface area contributed by atoms with Gasteiger partial charge in [-0.05, 0) is 55.8 Å². The Morgan fingerprint density at radius 1 is 1.18 bits per heavy atom. The molecule has 1 aliphatic heterocycles. The second-order valence-corrected chi connectivity index (χ2v) is 5.74. The Morgan fingerprint density at radius 3 is 2.59 bits per heavy atom. The van der Waals surface area contributed by atoms with Crippen LogP contribution >= 0.6 is 0 Å². The lowest BCUT2D eigenvalue weighted by molar-refractivity contribution is 0.236. The number of rotatable bonds is 7. The van der Waals surface area contributed by atoms with Crippen LogP contribution in [0.4, 0.5) is 0 Å². The predicted molar refractivity (Wildman–Crippen MR) is 87.0 cm³/mol. The monoisotopic (exact) mass is 300 g/mol. The van der Waals surface area contributed by atoms with E-state index < -0.39 is 0 Å². The van der Waals surface area contributed by atoms with Crippen LogP contribution < -0.4 is 10.1 Å². The maximum atomic E-state index is 5.38. The zero-order valence-corrected chi connectivity index (χ0v) is 13.1. The minimum atomic E-state index is 0.406. The molecule has 2 aromatic rings. The van der Waals surface area contributed by atoms with E-state index in [1.807, 2.05) is 24.3 Å². The van der Waals surface area contributed by atoms with Gasteiger partial charge in [-0.25, -0.2) is 0 Å². The number of hydrogen-bond donors (Lipinski definition) is 1. The highest BCUT2D eigenvalue weighted by Crippen LogP contribution is 2.26. The maximum Gasteiger partial charge on any atom is 0.118 e. The van der Waals surface area contributed by atoms with E-state index in [4.69, 9.17) is 9.15 Å². The highest BCUT2D eigenvalue weighted by molar-refractivity contribution is 5.29. The molecule has 0 saturated carbocycles. The molecule has 1 saturated heterocycles. The summed E-state index contributed by atoms with van der Waals surface area (Å²) in [5, 5.41) is 3.53. The van der Waals surface area contributed by atoms with E-state index in [0.29, 0.717) is 6.04 Å². The zero-order valence-electron chi connectivity index (χ0n) is 13.1. The van der Waals surface area contributed by atoms with Crippen LogP contribution in [0.2, 0.25) is 0 Å². The van der Waals surface area contributed by atoms with Crippen LogP contribution in [-0.4, -0.2) is 31.6 Å². The molecule has 1 fully saturated rings. The van der Waals surface area contributed by atoms with Gasteiger partial charge in [0, 0.05) is 12.6 Å². The topological polar surface area (TPSA) is 37.6 Å². The Hall–Kier alpha value is -1.78. The SMILES string of the molecule is COc1ccc(C(CNCc2ccco2)N2CCCC2)cc1. The summed E-state index contributed by atoms with van der Waals surface area (Å²) in [6, 6.07) is 12.8. The summed E-state index contributed by atoms with van der Waals surface area (Å²) < 4.78 is 10.6. The number of furan rings is 1. The first-order valence-corrected chi connectivity index (χ1v) is 7.98. The minimum absolute atomic E-state index is 0.406. The fraction of sp³-hybridized carbons (Fsp3) is 0.444. The van der Waals surface area contributed by atoms with Crippen molar-refractivity contribution in [3.05, 3.63) is 54.0 Å². The molecule has 1 aromatic heterocycles. The van der Waals surface area contributed by atoms with Crippen molar-refractivity contribution in [2.75, 3.05) is 26.7 Å². The van der Waals surface area contributed by atoms with E-state index in [2.05, 4.69) is 22.3 Å². The average molecular weight is 300 g/mol. The fourth-order valence-electron chi connectivity index (χ4n) is 3.08. The van der Waals surface area contributed by atoms with Gasteiger partial charge in [0.05, 0.1) is 19.9 Å². The van der Waals surface area contributed by atoms with Crippen molar-refractivity contribution in [3.8, 4) is 5.75 Å². The van der Waals surface area contributed by atoms with Crippen LogP contribution in [0.1, 0.15) is 30.2 Å². The molecule has 0 spiro atoms. The van der Waals surface area contributed by atoms with Gasteiger partial charge in [0.2, 0.25) is 0 Å². The molecule has 1 atom stereocenters. The Kier molecular flexibility index (Phi) is 5.14. The highest BCUT2D eigenvalue weighted by Gasteiger charge is 2.23. The highest BCUT2D eigenvalue weighted by atomic mass is 16.5. The first kappa shape index (κ1) is 15.1. The van der Waals surface area contributed by atoms with Crippen LogP contribution in [0.5, 0.6) is 5.75 Å². The van der Waals surface area contributed by atoms with Gasteiger partial charge in [-0.2, -0.15) is 0 Å². The van der Waals surface area contributed by atoms with Gasteiger partial charge < -0.3 is 14.5 Å². The summed E-state index contributed by atoms with van der Waals surface area (Å²) in [6.45, 7) is 4.05. The third-order valence-electron chi connectivity index (χ3n) is 4.30. The van der Waals surface area contributed by atoms with Crippen LogP contribution in [0.15, 0.2) is 47.1 Å². The summed E-state index contributed by atoms with van der Waals surface area (Å²) in [5.74, 6) is 1.89. The predicted octanol–water partition coefficient (Wildman–Crippen LogP) is 3.21. The quantitative estimate of drug-likeness (QED) is 0.852. The van der Waals surface area contributed by atoms with Crippen molar-refractivity contribution in [2.24, 2.45) is 0 Å². The molecule has 22 heavy (non-hydrogen) atoms. The summed E-state index contributed by atoms with van der Waals surface area (Å²) in [4.78, 5) is 2.57. The van der Waals surface area contributed by atoms with Crippen molar-refractivity contribution in [1.29, 1.82) is 0 Å². The van der Waals surface area contributed by atoms with Gasteiger partial charge in [-0.15, -0.1) is 0 Å². The molecule has 1 unspecified atom stereocenters. The van der Waals surface area contributed by atoms with Gasteiger partial charge in [0.15, 0.2) is 0 Å². The van der Waals surface area contributed by atoms with E-state index in [1.165, 1.54) is 31.5 Å². The second-order valence-electron chi connectivity index (χ2n) is 5.74. The number of nitrogens with one attached hydrogen (secondary N) is 1. The normalized spacial score (nSPS) is 16.8. The van der Waals surface area contributed by atoms with Crippen molar-refractivity contribution < 1.29 is 9.15 Å². The van der Waals surface area contributed by atoms with Crippen LogP contribution in [0.25, 0.3) is 0 Å². The van der Waals surface area contributed by atoms with E-state index in [9.17, 15) is 0 Å². The number of ether oxygens (including phenoxy) is 1. The largest absolute Gasteiger partial charge is 0.497 e. The van der Waals surface area contributed by atoms with Crippen molar-refractivity contribution in [2.45, 2.75) is 25.4 Å². The molecular formula is C18H24N2O2. The van der Waals surface area contributed by atoms with Gasteiger partial charge in [0.25, 0.3) is 0 Å².